The molecule has 1 aromatic heterocycles. The van der Waals surface area contributed by atoms with Gasteiger partial charge in [-0.3, -0.25) is 24.1 Å². The van der Waals surface area contributed by atoms with E-state index in [1.165, 1.54) is 10.5 Å². The molecule has 3 aromatic rings. The zero-order chi connectivity index (χ0) is 24.5. The van der Waals surface area contributed by atoms with Crippen molar-refractivity contribution in [1.29, 1.82) is 0 Å². The zero-order valence-electron chi connectivity index (χ0n) is 20.5. The number of carbonyl (C=O) groups excluding carboxylic acids is 2. The third-order valence-electron chi connectivity index (χ3n) is 6.87. The van der Waals surface area contributed by atoms with Gasteiger partial charge in [-0.1, -0.05) is 18.2 Å². The standard InChI is InChI=1S/C27H31N5O3/c1-19-16-20(2)32(28-19)15-14-31-26(33)23-8-5-9-24(25(23)27(31)34)30-12-10-29(11-13-30)18-21-6-4-7-22(17-21)35-3/h4-9,16-17H,10-15,18H2,1-3H3. The van der Waals surface area contributed by atoms with Crippen LogP contribution in [-0.2, 0) is 13.1 Å². The molecule has 8 heteroatoms. The molecule has 1 saturated heterocycles. The second-order valence-corrected chi connectivity index (χ2v) is 9.23. The molecule has 2 aliphatic heterocycles. The van der Waals surface area contributed by atoms with Gasteiger partial charge < -0.3 is 9.64 Å². The van der Waals surface area contributed by atoms with Crippen LogP contribution in [0, 0.1) is 13.8 Å². The van der Waals surface area contributed by atoms with Gasteiger partial charge in [0.2, 0.25) is 0 Å². The normalized spacial score (nSPS) is 16.2. The highest BCUT2D eigenvalue weighted by atomic mass is 16.5. The minimum Gasteiger partial charge on any atom is -0.497 e. The number of aryl methyl sites for hydroxylation is 2. The highest BCUT2D eigenvalue weighted by Crippen LogP contribution is 2.32. The van der Waals surface area contributed by atoms with Gasteiger partial charge in [-0.2, -0.15) is 5.10 Å². The van der Waals surface area contributed by atoms with Gasteiger partial charge in [0.1, 0.15) is 5.75 Å². The number of fused-ring (bicyclic) bond motifs is 1. The number of hydrogen-bond donors (Lipinski definition) is 0. The van der Waals surface area contributed by atoms with Gasteiger partial charge in [-0.05, 0) is 49.7 Å². The predicted molar refractivity (Wildman–Crippen MR) is 134 cm³/mol. The van der Waals surface area contributed by atoms with Gasteiger partial charge in [0, 0.05) is 45.0 Å². The van der Waals surface area contributed by atoms with Crippen LogP contribution in [0.4, 0.5) is 5.69 Å². The number of amides is 2. The fraction of sp³-hybridized carbons (Fsp3) is 0.370. The van der Waals surface area contributed by atoms with Gasteiger partial charge in [-0.25, -0.2) is 0 Å². The smallest absolute Gasteiger partial charge is 0.263 e. The van der Waals surface area contributed by atoms with Crippen LogP contribution in [0.3, 0.4) is 0 Å². The molecule has 0 atom stereocenters. The van der Waals surface area contributed by atoms with Crippen molar-refractivity contribution in [1.82, 2.24) is 19.6 Å². The summed E-state index contributed by atoms with van der Waals surface area (Å²) in [5.74, 6) is 0.442. The quantitative estimate of drug-likeness (QED) is 0.491. The third kappa shape index (κ3) is 4.53. The van der Waals surface area contributed by atoms with E-state index in [1.807, 2.05) is 48.9 Å². The number of piperazine rings is 1. The first-order valence-corrected chi connectivity index (χ1v) is 12.0. The SMILES string of the molecule is COc1cccc(CN2CCN(c3cccc4c3C(=O)N(CCn3nc(C)cc3C)C4=O)CC2)c1. The van der Waals surface area contributed by atoms with E-state index in [2.05, 4.69) is 27.0 Å². The van der Waals surface area contributed by atoms with Gasteiger partial charge >= 0.3 is 0 Å². The molecule has 2 aliphatic rings. The van der Waals surface area contributed by atoms with Crippen LogP contribution >= 0.6 is 0 Å². The first-order chi connectivity index (χ1) is 16.9. The first-order valence-electron chi connectivity index (χ1n) is 12.0. The monoisotopic (exact) mass is 473 g/mol. The average Bonchev–Trinajstić information content (AvgIpc) is 3.32. The topological polar surface area (TPSA) is 70.9 Å². The largest absolute Gasteiger partial charge is 0.497 e. The van der Waals surface area contributed by atoms with Crippen LogP contribution in [0.25, 0.3) is 0 Å². The molecule has 0 spiro atoms. The Labute approximate surface area is 205 Å². The number of aromatic nitrogens is 2. The minimum absolute atomic E-state index is 0.207. The van der Waals surface area contributed by atoms with Crippen LogP contribution in [0.15, 0.2) is 48.5 Å². The number of methoxy groups -OCH3 is 1. The lowest BCUT2D eigenvalue weighted by Gasteiger charge is -2.36. The Hall–Kier alpha value is -3.65. The van der Waals surface area contributed by atoms with E-state index in [-0.39, 0.29) is 11.8 Å². The molecular formula is C27H31N5O3. The maximum absolute atomic E-state index is 13.4. The maximum Gasteiger partial charge on any atom is 0.263 e. The first kappa shape index (κ1) is 23.1. The Kier molecular flexibility index (Phi) is 6.30. The number of rotatable bonds is 7. The summed E-state index contributed by atoms with van der Waals surface area (Å²) in [5.41, 5.74) is 5.06. The highest BCUT2D eigenvalue weighted by Gasteiger charge is 2.38. The van der Waals surface area contributed by atoms with Crippen LogP contribution in [0.5, 0.6) is 5.75 Å². The van der Waals surface area contributed by atoms with E-state index in [0.717, 1.165) is 55.5 Å². The summed E-state index contributed by atoms with van der Waals surface area (Å²) in [6.07, 6.45) is 0. The maximum atomic E-state index is 13.4. The third-order valence-corrected chi connectivity index (χ3v) is 6.87. The van der Waals surface area contributed by atoms with E-state index in [0.29, 0.717) is 24.2 Å². The lowest BCUT2D eigenvalue weighted by atomic mass is 10.1. The number of carbonyl (C=O) groups is 2. The molecule has 0 bridgehead atoms. The molecule has 0 saturated carbocycles. The van der Waals surface area contributed by atoms with Crippen molar-refractivity contribution in [2.75, 3.05) is 44.7 Å². The van der Waals surface area contributed by atoms with Crippen LogP contribution < -0.4 is 9.64 Å². The molecule has 182 valence electrons. The van der Waals surface area contributed by atoms with Gasteiger partial charge in [-0.15, -0.1) is 0 Å². The number of anilines is 1. The molecule has 2 aromatic carbocycles. The number of ether oxygens (including phenoxy) is 1. The van der Waals surface area contributed by atoms with Crippen molar-refractivity contribution >= 4 is 17.5 Å². The molecule has 35 heavy (non-hydrogen) atoms. The summed E-state index contributed by atoms with van der Waals surface area (Å²) < 4.78 is 7.19. The van der Waals surface area contributed by atoms with E-state index in [1.54, 1.807) is 13.2 Å². The van der Waals surface area contributed by atoms with E-state index < -0.39 is 0 Å². The van der Waals surface area contributed by atoms with Gasteiger partial charge in [0.25, 0.3) is 11.8 Å². The van der Waals surface area contributed by atoms with Crippen molar-refractivity contribution < 1.29 is 14.3 Å². The minimum atomic E-state index is -0.218. The van der Waals surface area contributed by atoms with Crippen molar-refractivity contribution in [2.45, 2.75) is 26.9 Å². The van der Waals surface area contributed by atoms with Crippen molar-refractivity contribution in [3.8, 4) is 5.75 Å². The number of nitrogens with zero attached hydrogens (tertiary/aromatic N) is 5. The van der Waals surface area contributed by atoms with Crippen LogP contribution in [0.2, 0.25) is 0 Å². The second-order valence-electron chi connectivity index (χ2n) is 9.23. The predicted octanol–water partition coefficient (Wildman–Crippen LogP) is 3.13. The molecule has 0 unspecified atom stereocenters. The van der Waals surface area contributed by atoms with E-state index in [4.69, 9.17) is 4.74 Å². The molecule has 3 heterocycles. The van der Waals surface area contributed by atoms with Crippen molar-refractivity contribution in [3.63, 3.8) is 0 Å². The lowest BCUT2D eigenvalue weighted by Crippen LogP contribution is -2.46. The van der Waals surface area contributed by atoms with Crippen molar-refractivity contribution in [2.24, 2.45) is 0 Å². The molecule has 1 fully saturated rings. The molecular weight excluding hydrogens is 442 g/mol. The van der Waals surface area contributed by atoms with Gasteiger partial charge in [0.15, 0.2) is 0 Å². The van der Waals surface area contributed by atoms with Crippen molar-refractivity contribution in [3.05, 3.63) is 76.6 Å². The molecule has 0 aliphatic carbocycles. The highest BCUT2D eigenvalue weighted by molar-refractivity contribution is 6.23. The summed E-state index contributed by atoms with van der Waals surface area (Å²) in [6, 6.07) is 15.8. The van der Waals surface area contributed by atoms with Crippen LogP contribution in [-0.4, -0.2) is 71.2 Å². The average molecular weight is 474 g/mol. The fourth-order valence-corrected chi connectivity index (χ4v) is 5.05. The molecule has 0 radical (unpaired) electrons. The Bertz CT molecular complexity index is 1260. The summed E-state index contributed by atoms with van der Waals surface area (Å²) in [4.78, 5) is 32.5. The lowest BCUT2D eigenvalue weighted by molar-refractivity contribution is 0.0647. The summed E-state index contributed by atoms with van der Waals surface area (Å²) in [5, 5.41) is 4.46. The van der Waals surface area contributed by atoms with E-state index in [9.17, 15) is 9.59 Å². The Morgan fingerprint density at radius 2 is 1.69 bits per heavy atom. The molecule has 8 nitrogen and oxygen atoms in total. The summed E-state index contributed by atoms with van der Waals surface area (Å²) in [7, 11) is 1.68. The Balaban J connectivity index is 1.26. The molecule has 0 N–H and O–H groups in total. The Morgan fingerprint density at radius 3 is 2.40 bits per heavy atom. The molecule has 2 amide bonds. The van der Waals surface area contributed by atoms with Crippen LogP contribution in [0.1, 0.15) is 37.7 Å². The Morgan fingerprint density at radius 1 is 0.914 bits per heavy atom. The zero-order valence-corrected chi connectivity index (χ0v) is 20.5. The van der Waals surface area contributed by atoms with E-state index >= 15 is 0 Å². The summed E-state index contributed by atoms with van der Waals surface area (Å²) in [6.45, 7) is 8.93. The van der Waals surface area contributed by atoms with Gasteiger partial charge in [0.05, 0.1) is 36.2 Å². The summed E-state index contributed by atoms with van der Waals surface area (Å²) >= 11 is 0. The number of imide groups is 1. The number of benzene rings is 2. The fourth-order valence-electron chi connectivity index (χ4n) is 5.05. The molecule has 5 rings (SSSR count). The second kappa shape index (κ2) is 9.54. The number of hydrogen-bond acceptors (Lipinski definition) is 6.